The highest BCUT2D eigenvalue weighted by atomic mass is 19.1. The van der Waals surface area contributed by atoms with Crippen molar-refractivity contribution in [1.29, 1.82) is 0 Å². The molecule has 118 valence electrons. The fourth-order valence-electron chi connectivity index (χ4n) is 1.98. The molecular formula is C15H24FN3O2. The van der Waals surface area contributed by atoms with Gasteiger partial charge in [-0.2, -0.15) is 0 Å². The second-order valence-electron chi connectivity index (χ2n) is 4.75. The van der Waals surface area contributed by atoms with Crippen LogP contribution in [0.2, 0.25) is 0 Å². The summed E-state index contributed by atoms with van der Waals surface area (Å²) in [7, 11) is 5.09. The van der Waals surface area contributed by atoms with Crippen LogP contribution in [0.3, 0.4) is 0 Å². The molecule has 1 rings (SSSR count). The van der Waals surface area contributed by atoms with E-state index in [-0.39, 0.29) is 11.7 Å². The molecule has 0 spiro atoms. The molecule has 21 heavy (non-hydrogen) atoms. The molecule has 0 saturated heterocycles. The Bertz CT molecular complexity index is 455. The maximum Gasteiger partial charge on any atom is 0.221 e. The lowest BCUT2D eigenvalue weighted by Gasteiger charge is -2.22. The van der Waals surface area contributed by atoms with E-state index in [4.69, 9.17) is 4.74 Å². The van der Waals surface area contributed by atoms with Crippen LogP contribution in [-0.4, -0.2) is 46.8 Å². The number of nitrogens with one attached hydrogen (secondary N) is 2. The molecule has 0 unspecified atom stereocenters. The van der Waals surface area contributed by atoms with Crippen molar-refractivity contribution in [2.45, 2.75) is 13.0 Å². The summed E-state index contributed by atoms with van der Waals surface area (Å²) in [4.78, 5) is 13.2. The smallest absolute Gasteiger partial charge is 0.221 e. The Hall–Kier alpha value is -1.66. The predicted octanol–water partition coefficient (Wildman–Crippen LogP) is 1.13. The van der Waals surface area contributed by atoms with E-state index in [1.54, 1.807) is 20.2 Å². The average molecular weight is 297 g/mol. The van der Waals surface area contributed by atoms with Gasteiger partial charge in [-0.1, -0.05) is 6.07 Å². The van der Waals surface area contributed by atoms with Gasteiger partial charge in [-0.15, -0.1) is 0 Å². The molecule has 0 fully saturated rings. The monoisotopic (exact) mass is 297 g/mol. The summed E-state index contributed by atoms with van der Waals surface area (Å²) in [5, 5.41) is 5.72. The van der Waals surface area contributed by atoms with Crippen LogP contribution in [0.1, 0.15) is 12.0 Å². The fourth-order valence-corrected chi connectivity index (χ4v) is 1.98. The first kappa shape index (κ1) is 17.4. The number of anilines is 1. The van der Waals surface area contributed by atoms with Gasteiger partial charge in [-0.3, -0.25) is 4.79 Å². The van der Waals surface area contributed by atoms with Crippen molar-refractivity contribution in [3.05, 3.63) is 29.6 Å². The fraction of sp³-hybridized carbons (Fsp3) is 0.533. The van der Waals surface area contributed by atoms with E-state index in [1.807, 2.05) is 18.0 Å². The van der Waals surface area contributed by atoms with Gasteiger partial charge in [0.25, 0.3) is 0 Å². The third-order valence-electron chi connectivity index (χ3n) is 3.24. The Balaban J connectivity index is 2.71. The molecule has 0 heterocycles. The lowest BCUT2D eigenvalue weighted by molar-refractivity contribution is -0.120. The molecule has 6 heteroatoms. The maximum atomic E-state index is 14.0. The number of rotatable bonds is 9. The summed E-state index contributed by atoms with van der Waals surface area (Å²) in [6.07, 6.45) is 0.375. The Morgan fingerprint density at radius 2 is 2.19 bits per heavy atom. The van der Waals surface area contributed by atoms with Crippen LogP contribution in [0.5, 0.6) is 0 Å². The Morgan fingerprint density at radius 1 is 1.43 bits per heavy atom. The normalized spacial score (nSPS) is 10.5. The number of nitrogens with zero attached hydrogens (tertiary/aromatic N) is 1. The van der Waals surface area contributed by atoms with E-state index in [1.165, 1.54) is 6.07 Å². The summed E-state index contributed by atoms with van der Waals surface area (Å²) < 4.78 is 19.0. The van der Waals surface area contributed by atoms with Crippen LogP contribution in [-0.2, 0) is 16.1 Å². The van der Waals surface area contributed by atoms with E-state index in [0.717, 1.165) is 5.69 Å². The van der Waals surface area contributed by atoms with Crippen molar-refractivity contribution in [3.63, 3.8) is 0 Å². The van der Waals surface area contributed by atoms with Crippen LogP contribution in [0.25, 0.3) is 0 Å². The van der Waals surface area contributed by atoms with Crippen molar-refractivity contribution in [2.24, 2.45) is 0 Å². The van der Waals surface area contributed by atoms with Crippen molar-refractivity contribution in [2.75, 3.05) is 45.8 Å². The third-order valence-corrected chi connectivity index (χ3v) is 3.24. The highest BCUT2D eigenvalue weighted by molar-refractivity contribution is 5.76. The zero-order chi connectivity index (χ0) is 15.7. The van der Waals surface area contributed by atoms with E-state index < -0.39 is 0 Å². The molecule has 2 N–H and O–H groups in total. The van der Waals surface area contributed by atoms with Gasteiger partial charge >= 0.3 is 0 Å². The number of ether oxygens (including phenoxy) is 1. The molecule has 1 aromatic carbocycles. The summed E-state index contributed by atoms with van der Waals surface area (Å²) >= 11 is 0. The minimum Gasteiger partial charge on any atom is -0.383 e. The Kier molecular flexibility index (Phi) is 7.71. The Labute approximate surface area is 125 Å². The first-order valence-electron chi connectivity index (χ1n) is 6.99. The predicted molar refractivity (Wildman–Crippen MR) is 81.9 cm³/mol. The molecule has 5 nitrogen and oxygen atoms in total. The quantitative estimate of drug-likeness (QED) is 0.671. The van der Waals surface area contributed by atoms with Gasteiger partial charge in [-0.05, 0) is 12.1 Å². The minimum atomic E-state index is -0.246. The van der Waals surface area contributed by atoms with Crippen LogP contribution < -0.4 is 15.5 Å². The first-order valence-corrected chi connectivity index (χ1v) is 6.99. The zero-order valence-corrected chi connectivity index (χ0v) is 12.9. The number of methoxy groups -OCH3 is 1. The highest BCUT2D eigenvalue weighted by Gasteiger charge is 2.12. The number of hydrogen-bond donors (Lipinski definition) is 2. The van der Waals surface area contributed by atoms with Gasteiger partial charge in [0.2, 0.25) is 5.91 Å². The lowest BCUT2D eigenvalue weighted by atomic mass is 10.1. The van der Waals surface area contributed by atoms with E-state index in [0.29, 0.717) is 38.2 Å². The molecule has 0 saturated carbocycles. The number of carbonyl (C=O) groups excluding carboxylic acids is 1. The van der Waals surface area contributed by atoms with E-state index in [2.05, 4.69) is 10.6 Å². The summed E-state index contributed by atoms with van der Waals surface area (Å²) in [5.41, 5.74) is 1.40. The number of halogens is 1. The number of hydrogen-bond acceptors (Lipinski definition) is 4. The van der Waals surface area contributed by atoms with Crippen LogP contribution in [0, 0.1) is 5.82 Å². The van der Waals surface area contributed by atoms with E-state index in [9.17, 15) is 9.18 Å². The molecule has 0 aliphatic heterocycles. The van der Waals surface area contributed by atoms with Crippen LogP contribution >= 0.6 is 0 Å². The van der Waals surface area contributed by atoms with Gasteiger partial charge < -0.3 is 20.3 Å². The second-order valence-corrected chi connectivity index (χ2v) is 4.75. The molecule has 0 aliphatic rings. The molecule has 0 aliphatic carbocycles. The number of amides is 1. The summed E-state index contributed by atoms with van der Waals surface area (Å²) in [6.45, 7) is 2.20. The number of carbonyl (C=O) groups is 1. The Morgan fingerprint density at radius 3 is 2.86 bits per heavy atom. The zero-order valence-electron chi connectivity index (χ0n) is 12.9. The number of benzene rings is 1. The minimum absolute atomic E-state index is 0.0296. The van der Waals surface area contributed by atoms with Gasteiger partial charge in [-0.25, -0.2) is 4.39 Å². The van der Waals surface area contributed by atoms with Crippen molar-refractivity contribution in [1.82, 2.24) is 10.6 Å². The lowest BCUT2D eigenvalue weighted by Crippen LogP contribution is -2.28. The maximum absolute atomic E-state index is 14.0. The summed E-state index contributed by atoms with van der Waals surface area (Å²) in [6, 6.07) is 4.99. The first-order chi connectivity index (χ1) is 10.1. The molecule has 0 bridgehead atoms. The topological polar surface area (TPSA) is 53.6 Å². The van der Waals surface area contributed by atoms with Gasteiger partial charge in [0.1, 0.15) is 5.82 Å². The standard InChI is InChI=1S/C15H24FN3O2/c1-17-15(20)7-9-19(2)14-6-4-5-13(16)12(14)11-18-8-10-21-3/h4-6,18H,7-11H2,1-3H3,(H,17,20). The second kappa shape index (κ2) is 9.31. The van der Waals surface area contributed by atoms with Crippen molar-refractivity contribution >= 4 is 11.6 Å². The van der Waals surface area contributed by atoms with Crippen LogP contribution in [0.4, 0.5) is 10.1 Å². The molecule has 1 amide bonds. The molecule has 1 aromatic rings. The molecule has 0 aromatic heterocycles. The van der Waals surface area contributed by atoms with Crippen molar-refractivity contribution < 1.29 is 13.9 Å². The van der Waals surface area contributed by atoms with Crippen molar-refractivity contribution in [3.8, 4) is 0 Å². The average Bonchev–Trinajstić information content (AvgIpc) is 2.49. The van der Waals surface area contributed by atoms with Crippen LogP contribution in [0.15, 0.2) is 18.2 Å². The summed E-state index contributed by atoms with van der Waals surface area (Å²) in [5.74, 6) is -0.276. The largest absolute Gasteiger partial charge is 0.383 e. The SMILES string of the molecule is CNC(=O)CCN(C)c1cccc(F)c1CNCCOC. The van der Waals surface area contributed by atoms with Gasteiger partial charge in [0.15, 0.2) is 0 Å². The van der Waals surface area contributed by atoms with Gasteiger partial charge in [0, 0.05) is 58.5 Å². The highest BCUT2D eigenvalue weighted by Crippen LogP contribution is 2.22. The third kappa shape index (κ3) is 5.69. The van der Waals surface area contributed by atoms with Gasteiger partial charge in [0.05, 0.1) is 6.61 Å². The molecule has 0 radical (unpaired) electrons. The van der Waals surface area contributed by atoms with E-state index >= 15 is 0 Å². The molecular weight excluding hydrogens is 273 g/mol. The molecule has 0 atom stereocenters.